The van der Waals surface area contributed by atoms with E-state index >= 15 is 0 Å². The summed E-state index contributed by atoms with van der Waals surface area (Å²) in [6.07, 6.45) is 9.75. The van der Waals surface area contributed by atoms with Crippen molar-refractivity contribution < 1.29 is 23.1 Å². The Labute approximate surface area is 319 Å². The molecule has 0 fully saturated rings. The number of nitrogens with one attached hydrogen (secondary N) is 4. The van der Waals surface area contributed by atoms with Gasteiger partial charge in [0, 0.05) is 52.7 Å². The molecule has 7 aromatic rings. The minimum atomic E-state index is -0.567. The number of imidazole rings is 2. The van der Waals surface area contributed by atoms with Crippen LogP contribution in [0.25, 0.3) is 22.7 Å². The fraction of sp³-hybridized carbons (Fsp3) is 0.0645. The monoisotopic (exact) mass is 882 g/mol. The number of aromatic nitrogens is 6. The molecule has 7 rings (SSSR count). The van der Waals surface area contributed by atoms with Gasteiger partial charge in [-0.3, -0.25) is 10.2 Å². The molecule has 0 radical (unpaired) electrons. The average Bonchev–Trinajstić information content (AvgIpc) is 3.87. The van der Waals surface area contributed by atoms with Crippen LogP contribution in [-0.4, -0.2) is 46.6 Å². The van der Waals surface area contributed by atoms with Crippen molar-refractivity contribution >= 4 is 107 Å². The fourth-order valence-corrected chi connectivity index (χ4v) is 5.88. The first kappa shape index (κ1) is 37.8. The van der Waals surface area contributed by atoms with Crippen LogP contribution in [0.5, 0.6) is 0 Å². The van der Waals surface area contributed by atoms with Gasteiger partial charge in [-0.05, 0) is 55.5 Å². The number of nitrogens with two attached hydrogens (primary N) is 1. The van der Waals surface area contributed by atoms with Gasteiger partial charge in [-0.25, -0.2) is 29.7 Å². The maximum atomic E-state index is 14.2. The highest BCUT2D eigenvalue weighted by Gasteiger charge is 2.21. The van der Waals surface area contributed by atoms with E-state index in [0.717, 1.165) is 0 Å². The highest BCUT2D eigenvalue weighted by molar-refractivity contribution is 9.10. The second kappa shape index (κ2) is 16.7. The quantitative estimate of drug-likeness (QED) is 0.0411. The number of rotatable bonds is 6. The highest BCUT2D eigenvalue weighted by atomic mass is 79.9. The van der Waals surface area contributed by atoms with Gasteiger partial charge in [0.2, 0.25) is 5.89 Å². The third-order valence-corrected chi connectivity index (χ3v) is 8.55. The van der Waals surface area contributed by atoms with Crippen LogP contribution in [0.3, 0.4) is 0 Å². The molecule has 0 saturated heterocycles. The summed E-state index contributed by atoms with van der Waals surface area (Å²) in [6, 6.07) is 9.14. The molecule has 20 heteroatoms. The summed E-state index contributed by atoms with van der Waals surface area (Å²) in [5.74, 6) is 3.92. The van der Waals surface area contributed by atoms with Gasteiger partial charge in [-0.15, -0.1) is 5.10 Å². The molecule has 7 N–H and O–H groups in total. The van der Waals surface area contributed by atoms with Gasteiger partial charge in [0.25, 0.3) is 10.7 Å². The van der Waals surface area contributed by atoms with Crippen molar-refractivity contribution in [3.05, 3.63) is 115 Å². The Balaban J connectivity index is 0.000000184. The zero-order chi connectivity index (χ0) is 36.8. The number of fused-ring (bicyclic) bond motifs is 2. The minimum absolute atomic E-state index is 0.123. The molecular weight excluding hydrogens is 861 g/mol. The first-order chi connectivity index (χ1) is 24.4. The number of hydrogen-bond acceptors (Lipinski definition) is 10. The summed E-state index contributed by atoms with van der Waals surface area (Å²) < 4.78 is 38.2. The molecule has 51 heavy (non-hydrogen) atoms. The lowest BCUT2D eigenvalue weighted by molar-refractivity contribution is 0.0954. The van der Waals surface area contributed by atoms with Crippen molar-refractivity contribution in [2.24, 2.45) is 5.84 Å². The Morgan fingerprint density at radius 1 is 0.961 bits per heavy atom. The predicted octanol–water partition coefficient (Wildman–Crippen LogP) is 8.58. The topological polar surface area (TPSA) is 176 Å². The molecule has 0 aliphatic carbocycles. The van der Waals surface area contributed by atoms with Gasteiger partial charge in [0.05, 0.1) is 33.9 Å². The van der Waals surface area contributed by atoms with Crippen LogP contribution in [-0.2, 0) is 0 Å². The lowest BCUT2D eigenvalue weighted by Gasteiger charge is -2.15. The van der Waals surface area contributed by atoms with Crippen LogP contribution >= 0.6 is 67.3 Å². The first-order valence-corrected chi connectivity index (χ1v) is 17.1. The third-order valence-electron chi connectivity index (χ3n) is 6.67. The van der Waals surface area contributed by atoms with Crippen LogP contribution in [0.4, 0.5) is 31.5 Å². The molecule has 0 unspecified atom stereocenters. The number of carbonyl (C=O) groups excluding carboxylic acids is 1. The number of anilines is 4. The van der Waals surface area contributed by atoms with E-state index in [2.05, 4.69) is 62.7 Å². The van der Waals surface area contributed by atoms with E-state index in [1.165, 1.54) is 30.6 Å². The van der Waals surface area contributed by atoms with Crippen molar-refractivity contribution in [3.63, 3.8) is 0 Å². The zero-order valence-corrected chi connectivity index (χ0v) is 31.4. The lowest BCUT2D eigenvalue weighted by Crippen LogP contribution is -2.31. The maximum absolute atomic E-state index is 14.2. The fourth-order valence-electron chi connectivity index (χ4n) is 4.49. The Bertz CT molecular complexity index is 2420. The molecule has 0 atom stereocenters. The standard InChI is InChI=1S/C15H8BrClFN5OS.C14H10BrClFN5O.C2H6O/c16-7-1-2-10(9(18)5-7)20-12-8(14-21-22-15(25)24-14)6-23-4-3-19-13(23)11(12)17;15-7-1-2-10(9(17)5-7)20-12-8(14(23)21-18)6-22-4-3-19-13(22)11(12)16;1-2-3/h1-6,20H,(H,22,25);1-6,20H,18H2,(H,21,23);3H,2H2,1H3. The van der Waals surface area contributed by atoms with Crippen LogP contribution in [0.2, 0.25) is 10.0 Å². The van der Waals surface area contributed by atoms with E-state index in [9.17, 15) is 13.6 Å². The number of hydrogen-bond donors (Lipinski definition) is 6. The number of aliphatic hydroxyl groups is 1. The van der Waals surface area contributed by atoms with Crippen LogP contribution in [0, 0.1) is 16.5 Å². The molecule has 2 aromatic carbocycles. The van der Waals surface area contributed by atoms with Gasteiger partial charge in [0.15, 0.2) is 11.3 Å². The van der Waals surface area contributed by atoms with E-state index in [-0.39, 0.29) is 45.0 Å². The van der Waals surface area contributed by atoms with Gasteiger partial charge >= 0.3 is 0 Å². The molecule has 13 nitrogen and oxygen atoms in total. The SMILES string of the molecule is CCO.Fc1cc(Br)ccc1Nc1c(-c2n[nH]c(=S)o2)cn2ccnc2c1Cl.NNC(=O)c1cn2ccnc2c(Cl)c1Nc1ccc(Br)cc1F. The lowest BCUT2D eigenvalue weighted by atomic mass is 10.2. The summed E-state index contributed by atoms with van der Waals surface area (Å²) in [4.78, 5) is 20.5. The number of aliphatic hydroxyl groups excluding tert-OH is 1. The second-order valence-electron chi connectivity index (χ2n) is 9.99. The van der Waals surface area contributed by atoms with Gasteiger partial charge in [-0.1, -0.05) is 55.1 Å². The Morgan fingerprint density at radius 2 is 1.47 bits per heavy atom. The van der Waals surface area contributed by atoms with Gasteiger partial charge in [0.1, 0.15) is 21.7 Å². The van der Waals surface area contributed by atoms with Crippen molar-refractivity contribution in [2.75, 3.05) is 17.2 Å². The summed E-state index contributed by atoms with van der Waals surface area (Å²) in [7, 11) is 0. The summed E-state index contributed by atoms with van der Waals surface area (Å²) >= 11 is 24.2. The second-order valence-corrected chi connectivity index (χ2v) is 12.9. The molecule has 5 aromatic heterocycles. The maximum Gasteiger partial charge on any atom is 0.284 e. The number of hydrazine groups is 1. The van der Waals surface area contributed by atoms with Crippen LogP contribution in [0.1, 0.15) is 17.3 Å². The summed E-state index contributed by atoms with van der Waals surface area (Å²) in [6.45, 7) is 1.93. The third kappa shape index (κ3) is 8.55. The number of halogens is 6. The number of nitrogen functional groups attached to an aromatic ring is 1. The number of benzene rings is 2. The van der Waals surface area contributed by atoms with Gasteiger partial charge in [-0.2, -0.15) is 0 Å². The smallest absolute Gasteiger partial charge is 0.284 e. The van der Waals surface area contributed by atoms with Crippen LogP contribution < -0.4 is 21.9 Å². The predicted molar refractivity (Wildman–Crippen MR) is 200 cm³/mol. The summed E-state index contributed by atoms with van der Waals surface area (Å²) in [5.41, 5.74) is 4.69. The number of H-pyrrole nitrogens is 1. The Hall–Kier alpha value is -4.43. The minimum Gasteiger partial charge on any atom is -0.409 e. The van der Waals surface area contributed by atoms with E-state index in [1.54, 1.807) is 58.7 Å². The normalized spacial score (nSPS) is 10.7. The molecular formula is C31H24Br2Cl2F2N10O3S. The Kier molecular flexibility index (Phi) is 12.4. The number of aromatic amines is 1. The summed E-state index contributed by atoms with van der Waals surface area (Å²) in [5, 5.41) is 20.5. The molecule has 0 aliphatic heterocycles. The number of carbonyl (C=O) groups is 1. The average molecular weight is 885 g/mol. The highest BCUT2D eigenvalue weighted by Crippen LogP contribution is 2.38. The molecule has 5 heterocycles. The largest absolute Gasteiger partial charge is 0.409 e. The molecule has 0 spiro atoms. The van der Waals surface area contributed by atoms with E-state index in [1.807, 2.05) is 5.43 Å². The Morgan fingerprint density at radius 3 is 1.96 bits per heavy atom. The molecule has 1 amide bonds. The molecule has 0 aliphatic rings. The first-order valence-electron chi connectivity index (χ1n) is 14.4. The van der Waals surface area contributed by atoms with Crippen molar-refractivity contribution in [1.29, 1.82) is 0 Å². The molecule has 0 saturated carbocycles. The number of nitrogens with zero attached hydrogens (tertiary/aromatic N) is 5. The number of pyridine rings is 2. The van der Waals surface area contributed by atoms with Crippen molar-refractivity contribution in [3.8, 4) is 11.5 Å². The van der Waals surface area contributed by atoms with E-state index < -0.39 is 17.5 Å². The van der Waals surface area contributed by atoms with Crippen LogP contribution in [0.15, 0.2) is 86.9 Å². The van der Waals surface area contributed by atoms with E-state index in [0.29, 0.717) is 36.5 Å². The van der Waals surface area contributed by atoms with E-state index in [4.69, 9.17) is 50.8 Å². The number of amides is 1. The van der Waals surface area contributed by atoms with Crippen molar-refractivity contribution in [2.45, 2.75) is 6.92 Å². The van der Waals surface area contributed by atoms with Crippen molar-refractivity contribution in [1.82, 2.24) is 34.4 Å². The van der Waals surface area contributed by atoms with Gasteiger partial charge < -0.3 is 29.0 Å². The molecule has 0 bridgehead atoms. The molecule has 264 valence electrons. The zero-order valence-electron chi connectivity index (χ0n) is 25.9.